The van der Waals surface area contributed by atoms with E-state index in [1.807, 2.05) is 12.1 Å². The maximum atomic E-state index is 11.6. The number of hydrogen-bond donors (Lipinski definition) is 1. The van der Waals surface area contributed by atoms with E-state index in [2.05, 4.69) is 13.8 Å². The zero-order valence-electron chi connectivity index (χ0n) is 17.7. The van der Waals surface area contributed by atoms with Crippen molar-refractivity contribution in [2.75, 3.05) is 0 Å². The third-order valence-electron chi connectivity index (χ3n) is 5.52. The van der Waals surface area contributed by atoms with Gasteiger partial charge in [-0.2, -0.15) is 8.42 Å². The molecular formula is C23H40O3S. The first-order chi connectivity index (χ1) is 12.9. The van der Waals surface area contributed by atoms with E-state index in [1.165, 1.54) is 57.8 Å². The molecule has 0 aromatic heterocycles. The summed E-state index contributed by atoms with van der Waals surface area (Å²) in [4.78, 5) is 0.0635. The van der Waals surface area contributed by atoms with Crippen LogP contribution in [0, 0.1) is 6.92 Å². The van der Waals surface area contributed by atoms with Crippen molar-refractivity contribution in [1.82, 2.24) is 0 Å². The molecule has 0 amide bonds. The quantitative estimate of drug-likeness (QED) is 0.247. The highest BCUT2D eigenvalue weighted by atomic mass is 32.2. The zero-order valence-corrected chi connectivity index (χ0v) is 18.5. The Labute approximate surface area is 167 Å². The van der Waals surface area contributed by atoms with Gasteiger partial charge in [0.15, 0.2) is 0 Å². The molecule has 1 unspecified atom stereocenters. The molecule has 0 aliphatic carbocycles. The maximum absolute atomic E-state index is 11.6. The molecule has 0 aliphatic heterocycles. The van der Waals surface area contributed by atoms with Crippen molar-refractivity contribution in [2.24, 2.45) is 0 Å². The summed E-state index contributed by atoms with van der Waals surface area (Å²) in [6.45, 7) is 6.17. The van der Waals surface area contributed by atoms with Gasteiger partial charge in [-0.25, -0.2) is 0 Å². The highest BCUT2D eigenvalue weighted by Crippen LogP contribution is 2.30. The Bertz CT molecular complexity index is 623. The third kappa shape index (κ3) is 9.75. The van der Waals surface area contributed by atoms with Gasteiger partial charge < -0.3 is 0 Å². The molecule has 1 atom stereocenters. The van der Waals surface area contributed by atoms with E-state index in [-0.39, 0.29) is 4.90 Å². The fourth-order valence-electron chi connectivity index (χ4n) is 3.78. The second-order valence-corrected chi connectivity index (χ2v) is 9.35. The van der Waals surface area contributed by atoms with Crippen molar-refractivity contribution in [2.45, 2.75) is 115 Å². The van der Waals surface area contributed by atoms with Gasteiger partial charge in [0.25, 0.3) is 10.1 Å². The molecule has 3 nitrogen and oxygen atoms in total. The molecule has 4 heteroatoms. The molecule has 0 saturated heterocycles. The molecule has 0 spiro atoms. The Morgan fingerprint density at radius 2 is 1.33 bits per heavy atom. The predicted octanol–water partition coefficient (Wildman–Crippen LogP) is 7.44. The summed E-state index contributed by atoms with van der Waals surface area (Å²) < 4.78 is 32.7. The summed E-state index contributed by atoms with van der Waals surface area (Å²) in [5.74, 6) is 0.385. The minimum Gasteiger partial charge on any atom is -0.282 e. The number of unbranched alkanes of at least 4 members (excludes halogenated alkanes) is 9. The van der Waals surface area contributed by atoms with Crippen molar-refractivity contribution >= 4 is 10.1 Å². The smallest absolute Gasteiger partial charge is 0.282 e. The largest absolute Gasteiger partial charge is 0.294 e. The summed E-state index contributed by atoms with van der Waals surface area (Å²) in [6, 6.07) is 5.56. The maximum Gasteiger partial charge on any atom is 0.294 e. The Morgan fingerprint density at radius 3 is 1.89 bits per heavy atom. The van der Waals surface area contributed by atoms with Crippen molar-refractivity contribution in [3.8, 4) is 0 Å². The van der Waals surface area contributed by atoms with Gasteiger partial charge in [-0.05, 0) is 42.9 Å². The zero-order chi connectivity index (χ0) is 20.1. The van der Waals surface area contributed by atoms with Crippen molar-refractivity contribution in [3.05, 3.63) is 29.3 Å². The van der Waals surface area contributed by atoms with Crippen molar-refractivity contribution in [1.29, 1.82) is 0 Å². The van der Waals surface area contributed by atoms with Gasteiger partial charge >= 0.3 is 0 Å². The average Bonchev–Trinajstić information content (AvgIpc) is 2.62. The molecule has 0 aliphatic rings. The van der Waals surface area contributed by atoms with Crippen LogP contribution in [0.3, 0.4) is 0 Å². The van der Waals surface area contributed by atoms with E-state index in [4.69, 9.17) is 0 Å². The third-order valence-corrected chi connectivity index (χ3v) is 6.52. The standard InChI is InChI=1S/C23H40O3S/c1-4-6-8-9-10-11-12-13-14-16-21(15-7-5-2)22-18-17-20(3)23(19-22)27(24,25)26/h17-19,21H,4-16H2,1-3H3,(H,24,25,26). The van der Waals surface area contributed by atoms with Crippen LogP contribution in [0.1, 0.15) is 114 Å². The molecule has 1 N–H and O–H groups in total. The predicted molar refractivity (Wildman–Crippen MR) is 115 cm³/mol. The molecule has 0 bridgehead atoms. The normalized spacial score (nSPS) is 13.0. The lowest BCUT2D eigenvalue weighted by Gasteiger charge is -2.18. The lowest BCUT2D eigenvalue weighted by molar-refractivity contribution is 0.480. The highest BCUT2D eigenvalue weighted by molar-refractivity contribution is 7.85. The second kappa shape index (κ2) is 13.3. The van der Waals surface area contributed by atoms with Gasteiger partial charge in [0, 0.05) is 0 Å². The van der Waals surface area contributed by atoms with Gasteiger partial charge in [0.1, 0.15) is 0 Å². The average molecular weight is 397 g/mol. The summed E-state index contributed by atoms with van der Waals surface area (Å²) in [7, 11) is -4.15. The van der Waals surface area contributed by atoms with Crippen LogP contribution in [0.2, 0.25) is 0 Å². The van der Waals surface area contributed by atoms with Gasteiger partial charge in [-0.1, -0.05) is 96.6 Å². The van der Waals surface area contributed by atoms with E-state index in [1.54, 1.807) is 13.0 Å². The molecule has 1 aromatic rings. The SMILES string of the molecule is CCCCCCCCCCCC(CCCC)c1ccc(C)c(S(=O)(=O)O)c1. The van der Waals surface area contributed by atoms with Crippen LogP contribution < -0.4 is 0 Å². The van der Waals surface area contributed by atoms with Crippen molar-refractivity contribution < 1.29 is 13.0 Å². The van der Waals surface area contributed by atoms with E-state index >= 15 is 0 Å². The summed E-state index contributed by atoms with van der Waals surface area (Å²) in [5.41, 5.74) is 1.67. The molecule has 27 heavy (non-hydrogen) atoms. The first-order valence-corrected chi connectivity index (χ1v) is 12.4. The first-order valence-electron chi connectivity index (χ1n) is 11.0. The lowest BCUT2D eigenvalue weighted by Crippen LogP contribution is -2.05. The Morgan fingerprint density at radius 1 is 0.815 bits per heavy atom. The minimum atomic E-state index is -4.15. The Kier molecular flexibility index (Phi) is 11.9. The van der Waals surface area contributed by atoms with Gasteiger partial charge in [-0.3, -0.25) is 4.55 Å². The molecule has 1 rings (SSSR count). The van der Waals surface area contributed by atoms with Crippen molar-refractivity contribution in [3.63, 3.8) is 0 Å². The molecule has 0 radical (unpaired) electrons. The molecule has 0 saturated carbocycles. The number of hydrogen-bond acceptors (Lipinski definition) is 2. The van der Waals surface area contributed by atoms with Crippen LogP contribution in [-0.4, -0.2) is 13.0 Å². The van der Waals surface area contributed by atoms with Crippen LogP contribution in [0.15, 0.2) is 23.1 Å². The topological polar surface area (TPSA) is 54.4 Å². The minimum absolute atomic E-state index is 0.0635. The van der Waals surface area contributed by atoms with E-state index < -0.39 is 10.1 Å². The van der Waals surface area contributed by atoms with Crippen LogP contribution in [0.25, 0.3) is 0 Å². The second-order valence-electron chi connectivity index (χ2n) is 7.96. The van der Waals surface area contributed by atoms with E-state index in [9.17, 15) is 13.0 Å². The summed E-state index contributed by atoms with van der Waals surface area (Å²) in [5, 5.41) is 0. The lowest BCUT2D eigenvalue weighted by atomic mass is 9.88. The fourth-order valence-corrected chi connectivity index (χ4v) is 4.54. The van der Waals surface area contributed by atoms with Crippen LogP contribution in [-0.2, 0) is 10.1 Å². The van der Waals surface area contributed by atoms with Gasteiger partial charge in [0.05, 0.1) is 4.90 Å². The van der Waals surface area contributed by atoms with Crippen LogP contribution >= 0.6 is 0 Å². The number of benzene rings is 1. The van der Waals surface area contributed by atoms with Crippen LogP contribution in [0.5, 0.6) is 0 Å². The van der Waals surface area contributed by atoms with Gasteiger partial charge in [0.2, 0.25) is 0 Å². The van der Waals surface area contributed by atoms with Gasteiger partial charge in [-0.15, -0.1) is 0 Å². The van der Waals surface area contributed by atoms with E-state index in [0.29, 0.717) is 11.5 Å². The monoisotopic (exact) mass is 396 g/mol. The van der Waals surface area contributed by atoms with E-state index in [0.717, 1.165) is 31.2 Å². The summed E-state index contributed by atoms with van der Waals surface area (Å²) >= 11 is 0. The number of aryl methyl sites for hydroxylation is 1. The molecule has 1 aromatic carbocycles. The Balaban J connectivity index is 2.54. The Hall–Kier alpha value is -0.870. The molecule has 156 valence electrons. The summed E-state index contributed by atoms with van der Waals surface area (Å²) in [6.07, 6.45) is 16.3. The molecular weight excluding hydrogens is 356 g/mol. The molecule has 0 fully saturated rings. The molecule has 0 heterocycles. The fraction of sp³-hybridized carbons (Fsp3) is 0.739. The highest BCUT2D eigenvalue weighted by Gasteiger charge is 2.17. The first kappa shape index (κ1) is 24.2. The van der Waals surface area contributed by atoms with Crippen LogP contribution in [0.4, 0.5) is 0 Å². The number of rotatable bonds is 15.